The zero-order chi connectivity index (χ0) is 14.9. The summed E-state index contributed by atoms with van der Waals surface area (Å²) in [7, 11) is -3.62. The molecule has 0 saturated carbocycles. The van der Waals surface area contributed by atoms with Crippen molar-refractivity contribution >= 4 is 26.6 Å². The average molecular weight is 305 g/mol. The molecule has 0 N–H and O–H groups in total. The molecule has 0 saturated heterocycles. The molecule has 2 aromatic rings. The Morgan fingerprint density at radius 3 is 2.86 bits per heavy atom. The van der Waals surface area contributed by atoms with Gasteiger partial charge < -0.3 is 4.74 Å². The molecule has 5 nitrogen and oxygen atoms in total. The minimum atomic E-state index is -3.62. The van der Waals surface area contributed by atoms with Gasteiger partial charge in [-0.3, -0.25) is 4.28 Å². The van der Waals surface area contributed by atoms with E-state index in [-0.39, 0.29) is 12.4 Å². The molecule has 110 valence electrons. The maximum atomic E-state index is 11.6. The van der Waals surface area contributed by atoms with Crippen LogP contribution in [0.3, 0.4) is 0 Å². The van der Waals surface area contributed by atoms with Gasteiger partial charge in [0.2, 0.25) is 0 Å². The SMILES string of the molecule is CCCS(=O)(=O)O/N=C1\COc2ccc3ccccc3c21. The molecule has 0 bridgehead atoms. The van der Waals surface area contributed by atoms with Gasteiger partial charge in [-0.05, 0) is 23.3 Å². The normalized spacial score (nSPS) is 16.0. The Morgan fingerprint density at radius 2 is 2.05 bits per heavy atom. The lowest BCUT2D eigenvalue weighted by Gasteiger charge is -2.04. The summed E-state index contributed by atoms with van der Waals surface area (Å²) >= 11 is 0. The van der Waals surface area contributed by atoms with Crippen molar-refractivity contribution in [3.8, 4) is 5.75 Å². The highest BCUT2D eigenvalue weighted by Gasteiger charge is 2.23. The Labute approximate surface area is 123 Å². The lowest BCUT2D eigenvalue weighted by Crippen LogP contribution is -2.10. The van der Waals surface area contributed by atoms with Crippen LogP contribution in [0.2, 0.25) is 0 Å². The molecule has 0 atom stereocenters. The fraction of sp³-hybridized carbons (Fsp3) is 0.267. The number of hydrogen-bond donors (Lipinski definition) is 0. The van der Waals surface area contributed by atoms with Crippen LogP contribution in [0, 0.1) is 0 Å². The topological polar surface area (TPSA) is 65.0 Å². The number of fused-ring (bicyclic) bond motifs is 3. The Kier molecular flexibility index (Phi) is 3.55. The van der Waals surface area contributed by atoms with E-state index < -0.39 is 10.1 Å². The van der Waals surface area contributed by atoms with E-state index in [4.69, 9.17) is 9.02 Å². The first-order valence-corrected chi connectivity index (χ1v) is 8.31. The quantitative estimate of drug-likeness (QED) is 0.815. The van der Waals surface area contributed by atoms with Gasteiger partial charge in [0, 0.05) is 0 Å². The molecule has 2 aromatic carbocycles. The van der Waals surface area contributed by atoms with Crippen LogP contribution in [0.1, 0.15) is 18.9 Å². The van der Waals surface area contributed by atoms with E-state index in [1.165, 1.54) is 0 Å². The van der Waals surface area contributed by atoms with Crippen LogP contribution < -0.4 is 4.74 Å². The van der Waals surface area contributed by atoms with Gasteiger partial charge in [-0.1, -0.05) is 42.4 Å². The summed E-state index contributed by atoms with van der Waals surface area (Å²) in [5.41, 5.74) is 1.31. The van der Waals surface area contributed by atoms with E-state index in [0.717, 1.165) is 16.3 Å². The van der Waals surface area contributed by atoms with E-state index in [9.17, 15) is 8.42 Å². The lowest BCUT2D eigenvalue weighted by atomic mass is 10.0. The van der Waals surface area contributed by atoms with Crippen molar-refractivity contribution in [2.75, 3.05) is 12.4 Å². The Hall–Kier alpha value is -2.08. The van der Waals surface area contributed by atoms with Gasteiger partial charge in [-0.25, -0.2) is 0 Å². The number of rotatable bonds is 4. The number of nitrogens with zero attached hydrogens (tertiary/aromatic N) is 1. The largest absolute Gasteiger partial charge is 0.486 e. The molecular weight excluding hydrogens is 290 g/mol. The fourth-order valence-electron chi connectivity index (χ4n) is 2.35. The smallest absolute Gasteiger partial charge is 0.328 e. The summed E-state index contributed by atoms with van der Waals surface area (Å²) in [6.45, 7) is 1.99. The summed E-state index contributed by atoms with van der Waals surface area (Å²) in [6, 6.07) is 11.6. The number of oxime groups is 1. The second-order valence-corrected chi connectivity index (χ2v) is 6.50. The van der Waals surface area contributed by atoms with Crippen LogP contribution >= 0.6 is 0 Å². The highest BCUT2D eigenvalue weighted by molar-refractivity contribution is 7.86. The number of benzene rings is 2. The molecule has 1 heterocycles. The molecule has 0 amide bonds. The molecule has 0 aliphatic carbocycles. The molecular formula is C15H15NO4S. The van der Waals surface area contributed by atoms with Crippen LogP contribution in [0.5, 0.6) is 5.75 Å². The van der Waals surface area contributed by atoms with E-state index >= 15 is 0 Å². The Balaban J connectivity index is 2.02. The van der Waals surface area contributed by atoms with Crippen LogP contribution in [0.25, 0.3) is 10.8 Å². The number of hydrogen-bond acceptors (Lipinski definition) is 5. The van der Waals surface area contributed by atoms with Gasteiger partial charge in [0.25, 0.3) is 0 Å². The molecule has 0 spiro atoms. The third kappa shape index (κ3) is 2.71. The van der Waals surface area contributed by atoms with Crippen molar-refractivity contribution < 1.29 is 17.4 Å². The minimum Gasteiger partial charge on any atom is -0.486 e. The van der Waals surface area contributed by atoms with E-state index in [1.807, 2.05) is 36.4 Å². The molecule has 0 unspecified atom stereocenters. The summed E-state index contributed by atoms with van der Waals surface area (Å²) in [6.07, 6.45) is 0.489. The van der Waals surface area contributed by atoms with Crippen molar-refractivity contribution in [3.05, 3.63) is 42.0 Å². The second kappa shape index (κ2) is 5.37. The van der Waals surface area contributed by atoms with E-state index in [1.54, 1.807) is 6.92 Å². The standard InChI is InChI=1S/C15H15NO4S/c1-2-9-21(17,18)20-16-13-10-19-14-8-7-11-5-3-4-6-12(11)15(13)14/h3-8H,2,9-10H2,1H3/b16-13+. The molecule has 6 heteroatoms. The highest BCUT2D eigenvalue weighted by Crippen LogP contribution is 2.32. The van der Waals surface area contributed by atoms with Crippen LogP contribution in [-0.4, -0.2) is 26.5 Å². The predicted octanol–water partition coefficient (Wildman–Crippen LogP) is 2.69. The van der Waals surface area contributed by atoms with Crippen molar-refractivity contribution in [1.82, 2.24) is 0 Å². The molecule has 1 aliphatic heterocycles. The van der Waals surface area contributed by atoms with Crippen molar-refractivity contribution in [2.24, 2.45) is 5.16 Å². The monoisotopic (exact) mass is 305 g/mol. The fourth-order valence-corrected chi connectivity index (χ4v) is 3.13. The van der Waals surface area contributed by atoms with Gasteiger partial charge in [0.05, 0.1) is 11.3 Å². The average Bonchev–Trinajstić information content (AvgIpc) is 2.89. The van der Waals surface area contributed by atoms with Gasteiger partial charge >= 0.3 is 10.1 Å². The lowest BCUT2D eigenvalue weighted by molar-refractivity contribution is 0.332. The van der Waals surface area contributed by atoms with Crippen LogP contribution in [0.4, 0.5) is 0 Å². The summed E-state index contributed by atoms with van der Waals surface area (Å²) in [4.78, 5) is 0. The summed E-state index contributed by atoms with van der Waals surface area (Å²) in [5, 5.41) is 5.83. The minimum absolute atomic E-state index is 0.0486. The predicted molar refractivity (Wildman–Crippen MR) is 81.1 cm³/mol. The number of ether oxygens (including phenoxy) is 1. The molecule has 0 fully saturated rings. The molecule has 3 rings (SSSR count). The van der Waals surface area contributed by atoms with Gasteiger partial charge in [-0.15, -0.1) is 0 Å². The van der Waals surface area contributed by atoms with Gasteiger partial charge in [0.1, 0.15) is 18.1 Å². The first-order valence-electron chi connectivity index (χ1n) is 6.74. The first kappa shape index (κ1) is 13.9. The van der Waals surface area contributed by atoms with Crippen molar-refractivity contribution in [1.29, 1.82) is 0 Å². The Bertz CT molecular complexity index is 812. The Morgan fingerprint density at radius 1 is 1.24 bits per heavy atom. The van der Waals surface area contributed by atoms with Crippen LogP contribution in [0.15, 0.2) is 41.6 Å². The molecule has 0 radical (unpaired) electrons. The van der Waals surface area contributed by atoms with Gasteiger partial charge in [0.15, 0.2) is 0 Å². The zero-order valence-corrected chi connectivity index (χ0v) is 12.4. The second-order valence-electron chi connectivity index (χ2n) is 4.82. The van der Waals surface area contributed by atoms with Crippen LogP contribution in [-0.2, 0) is 14.4 Å². The van der Waals surface area contributed by atoms with E-state index in [0.29, 0.717) is 17.9 Å². The molecule has 1 aliphatic rings. The van der Waals surface area contributed by atoms with E-state index in [2.05, 4.69) is 5.16 Å². The highest BCUT2D eigenvalue weighted by atomic mass is 32.2. The van der Waals surface area contributed by atoms with Crippen molar-refractivity contribution in [3.63, 3.8) is 0 Å². The third-order valence-corrected chi connectivity index (χ3v) is 4.47. The summed E-state index contributed by atoms with van der Waals surface area (Å²) in [5.74, 6) is 0.650. The maximum absolute atomic E-state index is 11.6. The van der Waals surface area contributed by atoms with Gasteiger partial charge in [-0.2, -0.15) is 8.42 Å². The summed E-state index contributed by atoms with van der Waals surface area (Å²) < 4.78 is 33.5. The zero-order valence-electron chi connectivity index (χ0n) is 11.6. The third-order valence-electron chi connectivity index (χ3n) is 3.26. The maximum Gasteiger partial charge on any atom is 0.328 e. The molecule has 21 heavy (non-hydrogen) atoms. The molecule has 0 aromatic heterocycles. The first-order chi connectivity index (χ1) is 10.1. The van der Waals surface area contributed by atoms with Crippen molar-refractivity contribution in [2.45, 2.75) is 13.3 Å².